The Morgan fingerprint density at radius 1 is 1.33 bits per heavy atom. The van der Waals surface area contributed by atoms with Gasteiger partial charge in [0, 0.05) is 13.3 Å². The van der Waals surface area contributed by atoms with E-state index in [2.05, 4.69) is 17.9 Å². The maximum atomic E-state index is 12.1. The summed E-state index contributed by atoms with van der Waals surface area (Å²) in [5.74, 6) is -0.806. The molecule has 0 radical (unpaired) electrons. The van der Waals surface area contributed by atoms with Crippen LogP contribution in [0.1, 0.15) is 13.0 Å². The third-order valence-corrected chi connectivity index (χ3v) is 5.84. The summed E-state index contributed by atoms with van der Waals surface area (Å²) in [4.78, 5) is 24.0. The summed E-state index contributed by atoms with van der Waals surface area (Å²) in [7, 11) is 4.25. The Morgan fingerprint density at radius 3 is 2.48 bits per heavy atom. The Kier molecular flexibility index (Phi) is 7.51. The van der Waals surface area contributed by atoms with Crippen LogP contribution in [0.15, 0.2) is 30.3 Å². The number of alkyl halides is 1. The fourth-order valence-corrected chi connectivity index (χ4v) is 4.78. The molecule has 1 heterocycles. The molecule has 1 aromatic carbocycles. The average molecular weight is 366 g/mol. The van der Waals surface area contributed by atoms with Crippen LogP contribution >= 0.6 is 36.9 Å². The van der Waals surface area contributed by atoms with Gasteiger partial charge in [0.05, 0.1) is 5.92 Å². The highest BCUT2D eigenvalue weighted by Crippen LogP contribution is 2.61. The topological polar surface area (TPSA) is 46.6 Å². The summed E-state index contributed by atoms with van der Waals surface area (Å²) in [5, 5.41) is 0. The second-order valence-corrected chi connectivity index (χ2v) is 10.8. The van der Waals surface area contributed by atoms with E-state index in [-0.39, 0.29) is 25.8 Å². The van der Waals surface area contributed by atoms with Crippen molar-refractivity contribution in [1.29, 1.82) is 0 Å². The van der Waals surface area contributed by atoms with Crippen LogP contribution in [0.5, 0.6) is 0 Å². The summed E-state index contributed by atoms with van der Waals surface area (Å²) >= 11 is 5.76. The summed E-state index contributed by atoms with van der Waals surface area (Å²) in [6.45, 7) is 0.207. The van der Waals surface area contributed by atoms with Gasteiger partial charge in [-0.05, 0) is 5.56 Å². The number of hydrogen-bond donors (Lipinski definition) is 0. The summed E-state index contributed by atoms with van der Waals surface area (Å²) in [6, 6.07) is 8.87. The van der Waals surface area contributed by atoms with Crippen molar-refractivity contribution in [3.05, 3.63) is 35.9 Å². The van der Waals surface area contributed by atoms with Crippen LogP contribution in [0.4, 0.5) is 0 Å². The second-order valence-electron chi connectivity index (χ2n) is 4.36. The van der Waals surface area contributed by atoms with Crippen molar-refractivity contribution in [3.8, 4) is 0 Å². The van der Waals surface area contributed by atoms with Gasteiger partial charge < -0.3 is 4.74 Å². The third-order valence-electron chi connectivity index (χ3n) is 3.07. The fraction of sp³-hybridized carbons (Fsp3) is 0.385. The van der Waals surface area contributed by atoms with Crippen molar-refractivity contribution in [1.82, 2.24) is 4.67 Å². The third kappa shape index (κ3) is 4.14. The van der Waals surface area contributed by atoms with Gasteiger partial charge in [-0.1, -0.05) is 55.6 Å². The van der Waals surface area contributed by atoms with Crippen LogP contribution in [0.2, 0.25) is 0 Å². The van der Waals surface area contributed by atoms with Crippen molar-refractivity contribution >= 4 is 48.8 Å². The minimum Gasteiger partial charge on any atom is -0.459 e. The second kappa shape index (κ2) is 8.39. The molecule has 0 N–H and O–H groups in total. The van der Waals surface area contributed by atoms with Gasteiger partial charge in [-0.25, -0.2) is 4.79 Å². The molecule has 4 nitrogen and oxygen atoms in total. The number of rotatable bonds is 5. The molecule has 0 aliphatic carbocycles. The molecule has 1 amide bonds. The lowest BCUT2D eigenvalue weighted by Crippen LogP contribution is -2.62. The molecule has 4 atom stereocenters. The molecule has 2 rings (SSSR count). The molecular formula is C13H19ClNO3P3. The molecule has 1 fully saturated rings. The van der Waals surface area contributed by atoms with Gasteiger partial charge in [0.2, 0.25) is 5.91 Å². The van der Waals surface area contributed by atoms with E-state index < -0.39 is 25.4 Å². The van der Waals surface area contributed by atoms with Crippen LogP contribution in [-0.4, -0.2) is 28.5 Å². The summed E-state index contributed by atoms with van der Waals surface area (Å²) in [6.07, 6.45) is 0. The molecule has 1 saturated heterocycles. The highest BCUT2D eigenvalue weighted by atomic mass is 35.5. The molecule has 0 aromatic heterocycles. The SMILES string of the molecule is C.O=C(OCc1ccccc1)C1C(CCl)C(=O)N1P(P)P. The zero-order chi connectivity index (χ0) is 14.7. The number of nitrogens with zero attached hydrogens (tertiary/aromatic N) is 1. The number of hydrogen-bond acceptors (Lipinski definition) is 3. The van der Waals surface area contributed by atoms with E-state index in [4.69, 9.17) is 16.3 Å². The van der Waals surface area contributed by atoms with Crippen LogP contribution in [0, 0.1) is 5.92 Å². The first kappa shape index (κ1) is 18.8. The number of ether oxygens (including phenoxy) is 1. The Morgan fingerprint density at radius 2 is 1.95 bits per heavy atom. The molecule has 1 aliphatic heterocycles. The van der Waals surface area contributed by atoms with E-state index in [1.54, 1.807) is 0 Å². The predicted molar refractivity (Wildman–Crippen MR) is 94.2 cm³/mol. The molecule has 1 aromatic rings. The van der Waals surface area contributed by atoms with Crippen LogP contribution in [-0.2, 0) is 20.9 Å². The Hall–Kier alpha value is -0.260. The van der Waals surface area contributed by atoms with E-state index in [9.17, 15) is 9.59 Å². The molecular weight excluding hydrogens is 347 g/mol. The quantitative estimate of drug-likeness (QED) is 0.348. The zero-order valence-corrected chi connectivity index (χ0v) is 14.6. The highest BCUT2D eigenvalue weighted by molar-refractivity contribution is 8.42. The highest BCUT2D eigenvalue weighted by Gasteiger charge is 2.53. The zero-order valence-electron chi connectivity index (χ0n) is 10.6. The number of carbonyl (C=O) groups is 2. The molecule has 21 heavy (non-hydrogen) atoms. The minimum atomic E-state index is -0.826. The lowest BCUT2D eigenvalue weighted by atomic mass is 9.92. The number of esters is 1. The number of carbonyl (C=O) groups excluding carboxylic acids is 2. The lowest BCUT2D eigenvalue weighted by Gasteiger charge is -2.46. The predicted octanol–water partition coefficient (Wildman–Crippen LogP) is 3.41. The smallest absolute Gasteiger partial charge is 0.330 e. The molecule has 1 aliphatic rings. The van der Waals surface area contributed by atoms with Crippen LogP contribution in [0.25, 0.3) is 0 Å². The molecule has 0 bridgehead atoms. The van der Waals surface area contributed by atoms with Crippen molar-refractivity contribution in [2.24, 2.45) is 5.92 Å². The standard InChI is InChI=1S/C12H15ClNO3P3.CH4/c13-6-9-10(14(11(9)15)20(18)19)12(16)17-7-8-4-2-1-3-5-8;/h1-5,9-10H,6-7,18-19H2;1H4. The number of β-lactam (4-membered cyclic amide) rings is 1. The molecule has 0 spiro atoms. The van der Waals surface area contributed by atoms with Gasteiger partial charge in [-0.3, -0.25) is 9.46 Å². The molecule has 4 unspecified atom stereocenters. The van der Waals surface area contributed by atoms with E-state index in [1.165, 1.54) is 4.67 Å². The van der Waals surface area contributed by atoms with Crippen molar-refractivity contribution in [2.45, 2.75) is 20.1 Å². The molecule has 116 valence electrons. The van der Waals surface area contributed by atoms with E-state index in [0.29, 0.717) is 0 Å². The first-order valence-corrected chi connectivity index (χ1v) is 11.0. The fourth-order valence-electron chi connectivity index (χ4n) is 2.02. The van der Waals surface area contributed by atoms with E-state index in [1.807, 2.05) is 30.3 Å². The first-order chi connectivity index (χ1) is 9.56. The van der Waals surface area contributed by atoms with Crippen molar-refractivity contribution in [2.75, 3.05) is 5.88 Å². The number of amides is 1. The van der Waals surface area contributed by atoms with Gasteiger partial charge in [-0.2, -0.15) is 0 Å². The first-order valence-electron chi connectivity index (χ1n) is 5.95. The average Bonchev–Trinajstić information content (AvgIpc) is 2.43. The Balaban J connectivity index is 0.00000220. The van der Waals surface area contributed by atoms with Crippen molar-refractivity contribution < 1.29 is 14.3 Å². The monoisotopic (exact) mass is 365 g/mol. The Labute approximate surface area is 135 Å². The minimum absolute atomic E-state index is 0. The largest absolute Gasteiger partial charge is 0.459 e. The summed E-state index contributed by atoms with van der Waals surface area (Å²) in [5.41, 5.74) is 0.916. The van der Waals surface area contributed by atoms with Crippen LogP contribution in [0.3, 0.4) is 0 Å². The van der Waals surface area contributed by atoms with Gasteiger partial charge >= 0.3 is 5.97 Å². The van der Waals surface area contributed by atoms with Gasteiger partial charge in [0.15, 0.2) is 0 Å². The normalized spacial score (nSPS) is 20.8. The molecule has 0 saturated carbocycles. The summed E-state index contributed by atoms with van der Waals surface area (Å²) < 4.78 is 6.83. The number of benzene rings is 1. The van der Waals surface area contributed by atoms with Crippen LogP contribution < -0.4 is 0 Å². The molecule has 8 heteroatoms. The number of halogens is 1. The van der Waals surface area contributed by atoms with E-state index in [0.717, 1.165) is 5.56 Å². The maximum Gasteiger partial charge on any atom is 0.330 e. The van der Waals surface area contributed by atoms with Crippen molar-refractivity contribution in [3.63, 3.8) is 0 Å². The van der Waals surface area contributed by atoms with Gasteiger partial charge in [-0.15, -0.1) is 11.6 Å². The van der Waals surface area contributed by atoms with Gasteiger partial charge in [0.25, 0.3) is 0 Å². The van der Waals surface area contributed by atoms with E-state index >= 15 is 0 Å². The Bertz CT molecular complexity index is 501. The maximum absolute atomic E-state index is 12.1. The lowest BCUT2D eigenvalue weighted by molar-refractivity contribution is -0.165. The van der Waals surface area contributed by atoms with Gasteiger partial charge in [0.1, 0.15) is 12.6 Å².